The molecule has 1 aromatic rings. The molecule has 0 spiro atoms. The van der Waals surface area contributed by atoms with Crippen LogP contribution in [0.2, 0.25) is 10.0 Å². The first-order valence-electron chi connectivity index (χ1n) is 5.54. The number of hydrogen-bond acceptors (Lipinski definition) is 4. The molecule has 1 aromatic carbocycles. The predicted octanol–water partition coefficient (Wildman–Crippen LogP) is 2.36. The van der Waals surface area contributed by atoms with Crippen LogP contribution < -0.4 is 0 Å². The van der Waals surface area contributed by atoms with Crippen LogP contribution in [0, 0.1) is 16.7 Å². The molecular formula is C12H11Cl2NO3S. The molecule has 1 aliphatic heterocycles. The van der Waals surface area contributed by atoms with Gasteiger partial charge in [0.1, 0.15) is 11.5 Å². The molecule has 0 saturated carbocycles. The Balaban J connectivity index is 2.43. The zero-order valence-electron chi connectivity index (χ0n) is 9.81. The van der Waals surface area contributed by atoms with E-state index in [-0.39, 0.29) is 22.9 Å². The van der Waals surface area contributed by atoms with Gasteiger partial charge in [0.05, 0.1) is 17.6 Å². The van der Waals surface area contributed by atoms with Crippen molar-refractivity contribution in [3.05, 3.63) is 33.8 Å². The number of rotatable bonds is 2. The summed E-state index contributed by atoms with van der Waals surface area (Å²) in [4.78, 5) is 0. The van der Waals surface area contributed by atoms with Gasteiger partial charge in [0.2, 0.25) is 0 Å². The molecule has 1 saturated heterocycles. The van der Waals surface area contributed by atoms with Gasteiger partial charge in [-0.15, -0.1) is 0 Å². The number of nitrogens with zero attached hydrogens (tertiary/aromatic N) is 1. The summed E-state index contributed by atoms with van der Waals surface area (Å²) in [6.07, 6.45) is -1.15. The largest absolute Gasteiger partial charge is 0.387 e. The standard InChI is InChI=1S/C12H11Cl2NO3S/c13-8-1-2-9(10(14)5-8)11(16)12(6-15)3-4-19(17,18)7-12/h1-2,5,11,16H,3-4,7H2. The fraction of sp³-hybridized carbons (Fsp3) is 0.417. The van der Waals surface area contributed by atoms with Gasteiger partial charge in [-0.3, -0.25) is 0 Å². The fourth-order valence-corrected chi connectivity index (χ4v) is 4.74. The number of sulfone groups is 1. The Kier molecular flexibility index (Phi) is 3.80. The molecule has 0 aliphatic carbocycles. The van der Waals surface area contributed by atoms with Crippen LogP contribution in [0.3, 0.4) is 0 Å². The van der Waals surface area contributed by atoms with E-state index in [4.69, 9.17) is 23.2 Å². The van der Waals surface area contributed by atoms with Crippen molar-refractivity contribution in [1.82, 2.24) is 0 Å². The highest BCUT2D eigenvalue weighted by Crippen LogP contribution is 2.44. The van der Waals surface area contributed by atoms with Crippen molar-refractivity contribution < 1.29 is 13.5 Å². The molecule has 0 aromatic heterocycles. The summed E-state index contributed by atoms with van der Waals surface area (Å²) in [7, 11) is -3.29. The smallest absolute Gasteiger partial charge is 0.152 e. The van der Waals surface area contributed by atoms with Crippen LogP contribution in [0.15, 0.2) is 18.2 Å². The third-order valence-electron chi connectivity index (χ3n) is 3.34. The molecule has 0 amide bonds. The molecule has 2 rings (SSSR count). The van der Waals surface area contributed by atoms with Crippen LogP contribution in [0.1, 0.15) is 18.1 Å². The molecule has 2 atom stereocenters. The number of nitriles is 1. The summed E-state index contributed by atoms with van der Waals surface area (Å²) < 4.78 is 23.1. The second-order valence-electron chi connectivity index (χ2n) is 4.68. The Morgan fingerprint density at radius 2 is 2.11 bits per heavy atom. The lowest BCUT2D eigenvalue weighted by Gasteiger charge is -2.26. The molecule has 1 N–H and O–H groups in total. The summed E-state index contributed by atoms with van der Waals surface area (Å²) in [5.41, 5.74) is -1.01. The lowest BCUT2D eigenvalue weighted by Crippen LogP contribution is -2.29. The molecule has 0 radical (unpaired) electrons. The zero-order chi connectivity index (χ0) is 14.3. The normalized spacial score (nSPS) is 26.8. The maximum Gasteiger partial charge on any atom is 0.152 e. The van der Waals surface area contributed by atoms with Crippen LogP contribution in [0.5, 0.6) is 0 Å². The van der Waals surface area contributed by atoms with Crippen LogP contribution >= 0.6 is 23.2 Å². The second-order valence-corrected chi connectivity index (χ2v) is 7.71. The molecule has 102 valence electrons. The van der Waals surface area contributed by atoms with Gasteiger partial charge in [-0.25, -0.2) is 8.42 Å². The Morgan fingerprint density at radius 1 is 1.42 bits per heavy atom. The van der Waals surface area contributed by atoms with E-state index in [1.54, 1.807) is 6.07 Å². The quantitative estimate of drug-likeness (QED) is 0.907. The number of aliphatic hydroxyl groups excluding tert-OH is 1. The fourth-order valence-electron chi connectivity index (χ4n) is 2.26. The number of hydrogen-bond donors (Lipinski definition) is 1. The van der Waals surface area contributed by atoms with Crippen molar-refractivity contribution in [1.29, 1.82) is 5.26 Å². The van der Waals surface area contributed by atoms with Gasteiger partial charge in [0.25, 0.3) is 0 Å². The van der Waals surface area contributed by atoms with E-state index in [2.05, 4.69) is 0 Å². The average molecular weight is 320 g/mol. The first-order chi connectivity index (χ1) is 8.80. The van der Waals surface area contributed by atoms with E-state index in [1.807, 2.05) is 6.07 Å². The molecule has 0 bridgehead atoms. The van der Waals surface area contributed by atoms with E-state index in [1.165, 1.54) is 12.1 Å². The van der Waals surface area contributed by atoms with Crippen molar-refractivity contribution in [2.24, 2.45) is 5.41 Å². The van der Waals surface area contributed by atoms with Gasteiger partial charge in [0, 0.05) is 15.6 Å². The van der Waals surface area contributed by atoms with E-state index in [0.29, 0.717) is 10.6 Å². The third-order valence-corrected chi connectivity index (χ3v) is 5.68. The minimum atomic E-state index is -3.29. The minimum Gasteiger partial charge on any atom is -0.387 e. The molecule has 1 aliphatic rings. The van der Waals surface area contributed by atoms with Crippen molar-refractivity contribution in [3.8, 4) is 6.07 Å². The number of aliphatic hydroxyl groups is 1. The van der Waals surface area contributed by atoms with Gasteiger partial charge in [-0.05, 0) is 18.6 Å². The Hall–Kier alpha value is -0.800. The van der Waals surface area contributed by atoms with Crippen molar-refractivity contribution in [2.45, 2.75) is 12.5 Å². The minimum absolute atomic E-state index is 0.0944. The predicted molar refractivity (Wildman–Crippen MR) is 72.7 cm³/mol. The Labute approximate surface area is 121 Å². The first-order valence-corrected chi connectivity index (χ1v) is 8.12. The maximum atomic E-state index is 11.6. The summed E-state index contributed by atoms with van der Waals surface area (Å²) in [6, 6.07) is 6.46. The van der Waals surface area contributed by atoms with Crippen molar-refractivity contribution >= 4 is 33.0 Å². The van der Waals surface area contributed by atoms with Crippen molar-refractivity contribution in [3.63, 3.8) is 0 Å². The molecule has 7 heteroatoms. The Bertz CT molecular complexity index is 653. The average Bonchev–Trinajstić information content (AvgIpc) is 2.65. The molecule has 2 unspecified atom stereocenters. The van der Waals surface area contributed by atoms with E-state index < -0.39 is 21.4 Å². The first kappa shape index (κ1) is 14.6. The van der Waals surface area contributed by atoms with Crippen LogP contribution in [0.4, 0.5) is 0 Å². The summed E-state index contributed by atoms with van der Waals surface area (Å²) in [6.45, 7) is 0. The number of benzene rings is 1. The second kappa shape index (κ2) is 4.95. The van der Waals surface area contributed by atoms with Crippen LogP contribution in [-0.2, 0) is 9.84 Å². The molecular weight excluding hydrogens is 309 g/mol. The highest BCUT2D eigenvalue weighted by molar-refractivity contribution is 7.91. The number of halogens is 2. The van der Waals surface area contributed by atoms with Gasteiger partial charge >= 0.3 is 0 Å². The molecule has 19 heavy (non-hydrogen) atoms. The zero-order valence-corrected chi connectivity index (χ0v) is 12.1. The topological polar surface area (TPSA) is 78.2 Å². The van der Waals surface area contributed by atoms with E-state index >= 15 is 0 Å². The third kappa shape index (κ3) is 2.72. The van der Waals surface area contributed by atoms with Crippen LogP contribution in [-0.4, -0.2) is 25.0 Å². The molecule has 4 nitrogen and oxygen atoms in total. The van der Waals surface area contributed by atoms with Gasteiger partial charge in [-0.2, -0.15) is 5.26 Å². The van der Waals surface area contributed by atoms with E-state index in [9.17, 15) is 18.8 Å². The Morgan fingerprint density at radius 3 is 2.58 bits per heavy atom. The highest BCUT2D eigenvalue weighted by atomic mass is 35.5. The molecule has 1 heterocycles. The van der Waals surface area contributed by atoms with Gasteiger partial charge in [0.15, 0.2) is 9.84 Å². The van der Waals surface area contributed by atoms with Crippen LogP contribution in [0.25, 0.3) is 0 Å². The van der Waals surface area contributed by atoms with Gasteiger partial charge in [-0.1, -0.05) is 29.3 Å². The monoisotopic (exact) mass is 319 g/mol. The summed E-state index contributed by atoms with van der Waals surface area (Å²) >= 11 is 11.8. The SMILES string of the molecule is N#CC1(C(O)c2ccc(Cl)cc2Cl)CCS(=O)(=O)C1. The summed E-state index contributed by atoms with van der Waals surface area (Å²) in [5.74, 6) is -0.445. The lowest BCUT2D eigenvalue weighted by atomic mass is 9.80. The molecule has 1 fully saturated rings. The maximum absolute atomic E-state index is 11.6. The lowest BCUT2D eigenvalue weighted by molar-refractivity contribution is 0.0794. The summed E-state index contributed by atoms with van der Waals surface area (Å²) in [5, 5.41) is 20.3. The van der Waals surface area contributed by atoms with Crippen molar-refractivity contribution in [2.75, 3.05) is 11.5 Å². The highest BCUT2D eigenvalue weighted by Gasteiger charge is 2.49. The van der Waals surface area contributed by atoms with E-state index in [0.717, 1.165) is 0 Å². The van der Waals surface area contributed by atoms with Gasteiger partial charge < -0.3 is 5.11 Å².